The van der Waals surface area contributed by atoms with E-state index in [1.54, 1.807) is 19.9 Å². The van der Waals surface area contributed by atoms with E-state index in [1.807, 2.05) is 6.92 Å². The van der Waals surface area contributed by atoms with E-state index in [4.69, 9.17) is 0 Å². The Kier molecular flexibility index (Phi) is 4.04. The highest BCUT2D eigenvalue weighted by molar-refractivity contribution is 5.71. The van der Waals surface area contributed by atoms with Crippen LogP contribution in [0.25, 0.3) is 0 Å². The monoisotopic (exact) mass is 156 g/mol. The van der Waals surface area contributed by atoms with Gasteiger partial charge in [-0.05, 0) is 32.3 Å². The number of aldehydes is 1. The van der Waals surface area contributed by atoms with Gasteiger partial charge in [-0.25, -0.2) is 0 Å². The maximum atomic E-state index is 10.2. The lowest BCUT2D eigenvalue weighted by atomic mass is 9.98. The zero-order valence-electron chi connectivity index (χ0n) is 7.42. The van der Waals surface area contributed by atoms with Crippen molar-refractivity contribution in [2.24, 2.45) is 0 Å². The van der Waals surface area contributed by atoms with Crippen LogP contribution in [0, 0.1) is 0 Å². The van der Waals surface area contributed by atoms with E-state index < -0.39 is 5.60 Å². The minimum atomic E-state index is -0.662. The van der Waals surface area contributed by atoms with E-state index >= 15 is 0 Å². The van der Waals surface area contributed by atoms with Gasteiger partial charge in [0, 0.05) is 0 Å². The van der Waals surface area contributed by atoms with Crippen LogP contribution >= 0.6 is 0 Å². The molecule has 0 aromatic heterocycles. The molecule has 0 heterocycles. The maximum Gasteiger partial charge on any atom is 0.145 e. The van der Waals surface area contributed by atoms with Gasteiger partial charge in [-0.2, -0.15) is 0 Å². The molecule has 0 spiro atoms. The third-order valence-corrected chi connectivity index (χ3v) is 1.81. The van der Waals surface area contributed by atoms with Gasteiger partial charge in [-0.15, -0.1) is 0 Å². The minimum Gasteiger partial charge on any atom is -0.390 e. The van der Waals surface area contributed by atoms with Crippen LogP contribution in [-0.2, 0) is 4.79 Å². The zero-order chi connectivity index (χ0) is 8.91. The Labute approximate surface area is 67.9 Å². The average molecular weight is 156 g/mol. The second kappa shape index (κ2) is 4.29. The van der Waals surface area contributed by atoms with Crippen molar-refractivity contribution in [2.45, 2.75) is 39.2 Å². The van der Waals surface area contributed by atoms with E-state index in [0.29, 0.717) is 18.4 Å². The lowest BCUT2D eigenvalue weighted by Crippen LogP contribution is -2.21. The molecule has 1 atom stereocenters. The van der Waals surface area contributed by atoms with Gasteiger partial charge < -0.3 is 5.11 Å². The molecule has 0 aliphatic rings. The first-order chi connectivity index (χ1) is 5.02. The minimum absolute atomic E-state index is 0.550. The smallest absolute Gasteiger partial charge is 0.145 e. The van der Waals surface area contributed by atoms with E-state index in [9.17, 15) is 9.90 Å². The summed E-state index contributed by atoms with van der Waals surface area (Å²) in [5.74, 6) is 0. The normalized spacial score (nSPS) is 17.6. The Balaban J connectivity index is 3.95. The number of allylic oxidation sites excluding steroid dienone is 1. The van der Waals surface area contributed by atoms with Crippen molar-refractivity contribution in [3.8, 4) is 0 Å². The third-order valence-electron chi connectivity index (χ3n) is 1.81. The molecule has 0 aliphatic carbocycles. The van der Waals surface area contributed by atoms with Gasteiger partial charge in [-0.1, -0.05) is 13.0 Å². The van der Waals surface area contributed by atoms with Gasteiger partial charge in [0.15, 0.2) is 0 Å². The highest BCUT2D eigenvalue weighted by Crippen LogP contribution is 2.14. The van der Waals surface area contributed by atoms with Gasteiger partial charge in [0.25, 0.3) is 0 Å². The quantitative estimate of drug-likeness (QED) is 0.496. The Morgan fingerprint density at radius 3 is 2.55 bits per heavy atom. The SMILES string of the molecule is CCC(C)(O)CC=C(C)C=O. The van der Waals surface area contributed by atoms with Gasteiger partial charge in [-0.3, -0.25) is 4.79 Å². The summed E-state index contributed by atoms with van der Waals surface area (Å²) < 4.78 is 0. The molecule has 1 unspecified atom stereocenters. The second-order valence-corrected chi connectivity index (χ2v) is 3.12. The summed E-state index contributed by atoms with van der Waals surface area (Å²) in [5, 5.41) is 9.51. The maximum absolute atomic E-state index is 10.2. The molecule has 1 N–H and O–H groups in total. The molecule has 0 radical (unpaired) electrons. The Morgan fingerprint density at radius 1 is 1.64 bits per heavy atom. The first kappa shape index (κ1) is 10.4. The largest absolute Gasteiger partial charge is 0.390 e. The van der Waals surface area contributed by atoms with Gasteiger partial charge in [0.2, 0.25) is 0 Å². The molecule has 0 aromatic carbocycles. The fraction of sp³-hybridized carbons (Fsp3) is 0.667. The molecule has 0 aromatic rings. The van der Waals surface area contributed by atoms with Crippen LogP contribution in [0.4, 0.5) is 0 Å². The van der Waals surface area contributed by atoms with Crippen molar-refractivity contribution in [3.05, 3.63) is 11.6 Å². The van der Waals surface area contributed by atoms with E-state index in [-0.39, 0.29) is 0 Å². The lowest BCUT2D eigenvalue weighted by molar-refractivity contribution is -0.104. The number of carbonyl (C=O) groups is 1. The van der Waals surface area contributed by atoms with Crippen LogP contribution in [-0.4, -0.2) is 17.0 Å². The summed E-state index contributed by atoms with van der Waals surface area (Å²) in [4.78, 5) is 10.2. The predicted molar refractivity (Wildman–Crippen MR) is 45.4 cm³/mol. The first-order valence-corrected chi connectivity index (χ1v) is 3.86. The van der Waals surface area contributed by atoms with Crippen LogP contribution < -0.4 is 0 Å². The molecule has 0 fully saturated rings. The Morgan fingerprint density at radius 2 is 2.18 bits per heavy atom. The van der Waals surface area contributed by atoms with E-state index in [2.05, 4.69) is 0 Å². The van der Waals surface area contributed by atoms with Gasteiger partial charge in [0.05, 0.1) is 5.60 Å². The summed E-state index contributed by atoms with van der Waals surface area (Å²) in [6.07, 6.45) is 3.81. The molecule has 2 heteroatoms. The fourth-order valence-electron chi connectivity index (χ4n) is 0.573. The number of carbonyl (C=O) groups excluding carboxylic acids is 1. The molecule has 0 aliphatic heterocycles. The summed E-state index contributed by atoms with van der Waals surface area (Å²) >= 11 is 0. The molecule has 11 heavy (non-hydrogen) atoms. The molecule has 2 nitrogen and oxygen atoms in total. The highest BCUT2D eigenvalue weighted by Gasteiger charge is 2.14. The molecule has 0 rings (SSSR count). The van der Waals surface area contributed by atoms with Crippen molar-refractivity contribution in [3.63, 3.8) is 0 Å². The molecule has 0 bridgehead atoms. The summed E-state index contributed by atoms with van der Waals surface area (Å²) in [5.41, 5.74) is 0.0169. The van der Waals surface area contributed by atoms with Crippen molar-refractivity contribution in [1.29, 1.82) is 0 Å². The van der Waals surface area contributed by atoms with Gasteiger partial charge >= 0.3 is 0 Å². The van der Waals surface area contributed by atoms with Crippen LogP contribution in [0.15, 0.2) is 11.6 Å². The summed E-state index contributed by atoms with van der Waals surface area (Å²) in [7, 11) is 0. The zero-order valence-corrected chi connectivity index (χ0v) is 7.42. The molecule has 0 saturated heterocycles. The van der Waals surface area contributed by atoms with Crippen molar-refractivity contribution >= 4 is 6.29 Å². The van der Waals surface area contributed by atoms with Crippen LogP contribution in [0.3, 0.4) is 0 Å². The number of aliphatic hydroxyl groups is 1. The lowest BCUT2D eigenvalue weighted by Gasteiger charge is -2.18. The van der Waals surface area contributed by atoms with E-state index in [1.165, 1.54) is 0 Å². The van der Waals surface area contributed by atoms with Gasteiger partial charge in [0.1, 0.15) is 6.29 Å². The number of rotatable bonds is 4. The average Bonchev–Trinajstić information content (AvgIpc) is 2.00. The standard InChI is InChI=1S/C9H16O2/c1-4-9(3,11)6-5-8(2)7-10/h5,7,11H,4,6H2,1-3H3. The number of hydrogen-bond donors (Lipinski definition) is 1. The van der Waals surface area contributed by atoms with Crippen molar-refractivity contribution < 1.29 is 9.90 Å². The van der Waals surface area contributed by atoms with Crippen LogP contribution in [0.1, 0.15) is 33.6 Å². The Bertz CT molecular complexity index is 157. The molecule has 0 amide bonds. The third kappa shape index (κ3) is 4.73. The molecule has 0 saturated carbocycles. The second-order valence-electron chi connectivity index (χ2n) is 3.12. The van der Waals surface area contributed by atoms with Crippen LogP contribution in [0.5, 0.6) is 0 Å². The molecular formula is C9H16O2. The predicted octanol–water partition coefficient (Wildman–Crippen LogP) is 1.68. The Hall–Kier alpha value is -0.630. The van der Waals surface area contributed by atoms with Crippen molar-refractivity contribution in [2.75, 3.05) is 0 Å². The van der Waals surface area contributed by atoms with E-state index in [0.717, 1.165) is 6.29 Å². The van der Waals surface area contributed by atoms with Crippen molar-refractivity contribution in [1.82, 2.24) is 0 Å². The van der Waals surface area contributed by atoms with Crippen LogP contribution in [0.2, 0.25) is 0 Å². The highest BCUT2D eigenvalue weighted by atomic mass is 16.3. The summed E-state index contributed by atoms with van der Waals surface area (Å²) in [6.45, 7) is 5.42. The topological polar surface area (TPSA) is 37.3 Å². The molecule has 64 valence electrons. The summed E-state index contributed by atoms with van der Waals surface area (Å²) in [6, 6.07) is 0. The molecular weight excluding hydrogens is 140 g/mol. The number of hydrogen-bond acceptors (Lipinski definition) is 2. The first-order valence-electron chi connectivity index (χ1n) is 3.86. The fourth-order valence-corrected chi connectivity index (χ4v) is 0.573.